The molecule has 0 aromatic carbocycles. The molecule has 1 heterocycles. The quantitative estimate of drug-likeness (QED) is 0.762. The Kier molecular flexibility index (Phi) is 5.08. The summed E-state index contributed by atoms with van der Waals surface area (Å²) in [7, 11) is 0. The predicted molar refractivity (Wildman–Crippen MR) is 73.3 cm³/mol. The summed E-state index contributed by atoms with van der Waals surface area (Å²) in [6.45, 7) is 5.69. The summed E-state index contributed by atoms with van der Waals surface area (Å²) < 4.78 is 1.65. The number of allylic oxidation sites excluding steroid dienone is 1. The van der Waals surface area contributed by atoms with Gasteiger partial charge in [0.05, 0.1) is 18.4 Å². The van der Waals surface area contributed by atoms with Gasteiger partial charge in [-0.15, -0.1) is 6.58 Å². The Morgan fingerprint density at radius 3 is 3.00 bits per heavy atom. The second kappa shape index (κ2) is 6.34. The number of carbonyl (C=O) groups excluding carboxylic acids is 1. The van der Waals surface area contributed by atoms with Crippen LogP contribution in [0.3, 0.4) is 0 Å². The van der Waals surface area contributed by atoms with Gasteiger partial charge in [0.2, 0.25) is 5.91 Å². The third-order valence-corrected chi connectivity index (χ3v) is 2.96. The van der Waals surface area contributed by atoms with Crippen molar-refractivity contribution in [1.82, 2.24) is 9.78 Å². The van der Waals surface area contributed by atoms with E-state index < -0.39 is 5.91 Å². The smallest absolute Gasteiger partial charge is 0.283 e. The number of amides is 1. The molecule has 0 bridgehead atoms. The number of anilines is 1. The normalized spacial score (nSPS) is 11.9. The van der Waals surface area contributed by atoms with Crippen molar-refractivity contribution in [2.24, 2.45) is 5.73 Å². The van der Waals surface area contributed by atoms with Crippen LogP contribution in [0, 0.1) is 0 Å². The zero-order valence-corrected chi connectivity index (χ0v) is 11.6. The highest BCUT2D eigenvalue weighted by Crippen LogP contribution is 2.17. The van der Waals surface area contributed by atoms with Gasteiger partial charge in [0.15, 0.2) is 0 Å². The minimum absolute atomic E-state index is 0.171. The maximum Gasteiger partial charge on any atom is 0.283 e. The lowest BCUT2D eigenvalue weighted by molar-refractivity contribution is -0.118. The van der Waals surface area contributed by atoms with E-state index in [0.717, 1.165) is 0 Å². The van der Waals surface area contributed by atoms with Gasteiger partial charge < -0.3 is 11.1 Å². The van der Waals surface area contributed by atoms with E-state index >= 15 is 0 Å². The van der Waals surface area contributed by atoms with Crippen molar-refractivity contribution >= 4 is 27.5 Å². The first-order chi connectivity index (χ1) is 8.45. The van der Waals surface area contributed by atoms with Gasteiger partial charge in [-0.05, 0) is 22.9 Å². The molecule has 0 aliphatic carbocycles. The molecule has 1 rings (SSSR count). The molecule has 0 spiro atoms. The molecule has 7 heteroatoms. The molecule has 1 aromatic rings. The minimum atomic E-state index is -0.404. The lowest BCUT2D eigenvalue weighted by Gasteiger charge is -2.14. The highest BCUT2D eigenvalue weighted by Gasteiger charge is 2.11. The minimum Gasteiger partial charge on any atom is -0.380 e. The van der Waals surface area contributed by atoms with Crippen molar-refractivity contribution < 1.29 is 4.79 Å². The van der Waals surface area contributed by atoms with Crippen LogP contribution in [0.1, 0.15) is 13.3 Å². The van der Waals surface area contributed by atoms with Crippen molar-refractivity contribution in [1.29, 1.82) is 0 Å². The third kappa shape index (κ3) is 3.69. The molecular weight excluding hydrogens is 300 g/mol. The fraction of sp³-hybridized carbons (Fsp3) is 0.364. The number of nitrogens with two attached hydrogens (primary N) is 1. The monoisotopic (exact) mass is 314 g/mol. The van der Waals surface area contributed by atoms with Crippen LogP contribution in [0.4, 0.5) is 5.69 Å². The first kappa shape index (κ1) is 14.4. The van der Waals surface area contributed by atoms with E-state index in [1.54, 1.807) is 13.0 Å². The number of rotatable bonds is 6. The molecule has 98 valence electrons. The first-order valence-electron chi connectivity index (χ1n) is 5.37. The highest BCUT2D eigenvalue weighted by atomic mass is 79.9. The Bertz CT molecular complexity index is 512. The maximum absolute atomic E-state index is 11.9. The molecule has 0 radical (unpaired) electrons. The number of nitrogens with one attached hydrogen (secondary N) is 1. The van der Waals surface area contributed by atoms with Crippen LogP contribution in [0.15, 0.2) is 28.1 Å². The molecule has 18 heavy (non-hydrogen) atoms. The van der Waals surface area contributed by atoms with Crippen LogP contribution < -0.4 is 16.6 Å². The van der Waals surface area contributed by atoms with Gasteiger partial charge in [0.1, 0.15) is 4.47 Å². The number of halogens is 1. The molecular formula is C11H15BrN4O2. The summed E-state index contributed by atoms with van der Waals surface area (Å²) in [6, 6.07) is -0.171. The van der Waals surface area contributed by atoms with E-state index in [1.165, 1.54) is 10.9 Å². The zero-order chi connectivity index (χ0) is 13.7. The van der Waals surface area contributed by atoms with Crippen LogP contribution in [0.25, 0.3) is 0 Å². The standard InChI is InChI=1S/C11H15BrN4O2/c1-3-4-16-11(18)10(12)8(6-14-16)15-7(2)5-9(13)17/h3,6-7,15H,1,4-5H2,2H3,(H2,13,17). The lowest BCUT2D eigenvalue weighted by Crippen LogP contribution is -2.28. The fourth-order valence-electron chi connectivity index (χ4n) is 1.44. The van der Waals surface area contributed by atoms with Crippen molar-refractivity contribution in [2.75, 3.05) is 5.32 Å². The molecule has 0 saturated carbocycles. The van der Waals surface area contributed by atoms with Crippen LogP contribution in [0.2, 0.25) is 0 Å². The van der Waals surface area contributed by atoms with Crippen LogP contribution in [-0.2, 0) is 11.3 Å². The van der Waals surface area contributed by atoms with E-state index in [2.05, 4.69) is 32.9 Å². The Morgan fingerprint density at radius 1 is 1.78 bits per heavy atom. The van der Waals surface area contributed by atoms with Gasteiger partial charge in [-0.1, -0.05) is 6.08 Å². The lowest BCUT2D eigenvalue weighted by atomic mass is 10.2. The Labute approximate surface area is 113 Å². The van der Waals surface area contributed by atoms with Gasteiger partial charge in [0.25, 0.3) is 5.56 Å². The van der Waals surface area contributed by atoms with Crippen LogP contribution >= 0.6 is 15.9 Å². The number of hydrogen-bond donors (Lipinski definition) is 2. The summed E-state index contributed by atoms with van der Waals surface area (Å²) in [5.74, 6) is -0.404. The fourth-order valence-corrected chi connectivity index (χ4v) is 1.86. The summed E-state index contributed by atoms with van der Waals surface area (Å²) >= 11 is 3.21. The Balaban J connectivity index is 2.91. The summed E-state index contributed by atoms with van der Waals surface area (Å²) in [6.07, 6.45) is 3.29. The van der Waals surface area contributed by atoms with Gasteiger partial charge in [0, 0.05) is 12.5 Å². The molecule has 6 nitrogen and oxygen atoms in total. The molecule has 0 saturated heterocycles. The van der Waals surface area contributed by atoms with E-state index in [9.17, 15) is 9.59 Å². The molecule has 1 unspecified atom stereocenters. The van der Waals surface area contributed by atoms with Gasteiger partial charge >= 0.3 is 0 Å². The molecule has 1 amide bonds. The molecule has 1 atom stereocenters. The second-order valence-corrected chi connectivity index (χ2v) is 4.66. The van der Waals surface area contributed by atoms with Crippen molar-refractivity contribution in [3.63, 3.8) is 0 Å². The zero-order valence-electron chi connectivity index (χ0n) is 10.0. The number of hydrogen-bond acceptors (Lipinski definition) is 4. The van der Waals surface area contributed by atoms with Crippen molar-refractivity contribution in [3.05, 3.63) is 33.7 Å². The first-order valence-corrected chi connectivity index (χ1v) is 6.16. The topological polar surface area (TPSA) is 90.0 Å². The second-order valence-electron chi connectivity index (χ2n) is 3.86. The number of aromatic nitrogens is 2. The molecule has 0 fully saturated rings. The Hall–Kier alpha value is -1.63. The molecule has 3 N–H and O–H groups in total. The largest absolute Gasteiger partial charge is 0.380 e. The van der Waals surface area contributed by atoms with E-state index in [-0.39, 0.29) is 18.0 Å². The average molecular weight is 315 g/mol. The number of primary amides is 1. The van der Waals surface area contributed by atoms with E-state index in [0.29, 0.717) is 16.7 Å². The predicted octanol–water partition coefficient (Wildman–Crippen LogP) is 0.868. The average Bonchev–Trinajstić information content (AvgIpc) is 2.28. The SMILES string of the molecule is C=CCn1ncc(NC(C)CC(N)=O)c(Br)c1=O. The van der Waals surface area contributed by atoms with Crippen LogP contribution in [0.5, 0.6) is 0 Å². The number of nitrogens with zero attached hydrogens (tertiary/aromatic N) is 2. The van der Waals surface area contributed by atoms with E-state index in [1.807, 2.05) is 0 Å². The van der Waals surface area contributed by atoms with Crippen LogP contribution in [-0.4, -0.2) is 21.7 Å². The van der Waals surface area contributed by atoms with Crippen molar-refractivity contribution in [2.45, 2.75) is 25.9 Å². The summed E-state index contributed by atoms with van der Waals surface area (Å²) in [5, 5.41) is 6.99. The Morgan fingerprint density at radius 2 is 2.44 bits per heavy atom. The van der Waals surface area contributed by atoms with E-state index in [4.69, 9.17) is 5.73 Å². The molecule has 1 aromatic heterocycles. The van der Waals surface area contributed by atoms with Gasteiger partial charge in [-0.3, -0.25) is 9.59 Å². The third-order valence-electron chi connectivity index (χ3n) is 2.20. The number of carbonyl (C=O) groups is 1. The maximum atomic E-state index is 11.9. The summed E-state index contributed by atoms with van der Waals surface area (Å²) in [5.41, 5.74) is 5.37. The van der Waals surface area contributed by atoms with Crippen molar-refractivity contribution in [3.8, 4) is 0 Å². The highest BCUT2D eigenvalue weighted by molar-refractivity contribution is 9.10. The summed E-state index contributed by atoms with van der Waals surface area (Å²) in [4.78, 5) is 22.6. The molecule has 0 aliphatic rings. The van der Waals surface area contributed by atoms with Gasteiger partial charge in [-0.25, -0.2) is 4.68 Å². The molecule has 0 aliphatic heterocycles. The van der Waals surface area contributed by atoms with Gasteiger partial charge in [-0.2, -0.15) is 5.10 Å².